The first-order valence-electron chi connectivity index (χ1n) is 2.87. The van der Waals surface area contributed by atoms with E-state index >= 15 is 0 Å². The zero-order valence-electron chi connectivity index (χ0n) is 6.43. The molecule has 14 heavy (non-hydrogen) atoms. The Morgan fingerprint density at radius 3 is 1.79 bits per heavy atom. The monoisotopic (exact) mass is 250 g/mol. The van der Waals surface area contributed by atoms with Crippen molar-refractivity contribution in [3.63, 3.8) is 0 Å². The van der Waals surface area contributed by atoms with Crippen LogP contribution in [0, 0.1) is 0 Å². The molecule has 5 N–H and O–H groups in total. The van der Waals surface area contributed by atoms with Gasteiger partial charge in [-0.25, -0.2) is 4.79 Å². The maximum atomic E-state index is 10.5. The lowest BCUT2D eigenvalue weighted by atomic mass is 10.4. The molecule has 0 rings (SSSR count). The third kappa shape index (κ3) is 3.01. The Morgan fingerprint density at radius 1 is 1.36 bits per heavy atom. The van der Waals surface area contributed by atoms with Crippen LogP contribution in [-0.2, 0) is 19.5 Å². The van der Waals surface area contributed by atoms with E-state index in [1.54, 1.807) is 0 Å². The molecule has 0 spiro atoms. The van der Waals surface area contributed by atoms with Crippen molar-refractivity contribution in [2.45, 2.75) is 5.34 Å². The highest BCUT2D eigenvalue weighted by molar-refractivity contribution is 7.86. The third-order valence-corrected chi connectivity index (χ3v) is 3.52. The molecule has 0 bridgehead atoms. The number of aliphatic hydroxyl groups is 1. The van der Waals surface area contributed by atoms with Gasteiger partial charge in [-0.3, -0.25) is 9.12 Å². The minimum atomic E-state index is -5.62. The van der Waals surface area contributed by atoms with Gasteiger partial charge in [0, 0.05) is 0 Å². The predicted molar refractivity (Wildman–Crippen MR) is 41.0 cm³/mol. The van der Waals surface area contributed by atoms with Crippen molar-refractivity contribution in [1.82, 2.24) is 0 Å². The Labute approximate surface area is 77.9 Å². The molecule has 0 aliphatic rings. The van der Waals surface area contributed by atoms with Crippen molar-refractivity contribution in [3.8, 4) is 0 Å². The molecule has 1 unspecified atom stereocenters. The van der Waals surface area contributed by atoms with Crippen LogP contribution in [0.25, 0.3) is 0 Å². The Hall–Kier alpha value is -0.510. The second-order valence-corrected chi connectivity index (χ2v) is 5.67. The van der Waals surface area contributed by atoms with Crippen molar-refractivity contribution < 1.29 is 42.3 Å². The van der Waals surface area contributed by atoms with Crippen LogP contribution in [0.15, 0.2) is 0 Å². The Kier molecular flexibility index (Phi) is 3.44. The Balaban J connectivity index is 5.37. The van der Waals surface area contributed by atoms with E-state index in [4.69, 9.17) is 24.6 Å². The normalized spacial score (nSPS) is 17.4. The van der Waals surface area contributed by atoms with Crippen molar-refractivity contribution in [2.24, 2.45) is 0 Å². The molecule has 0 aromatic carbocycles. The highest BCUT2D eigenvalue weighted by Gasteiger charge is 2.55. The van der Waals surface area contributed by atoms with Gasteiger partial charge in [0.2, 0.25) is 0 Å². The topological polar surface area (TPSA) is 169 Å². The van der Waals surface area contributed by atoms with Gasteiger partial charge in [0.25, 0.3) is 15.5 Å². The van der Waals surface area contributed by atoms with Gasteiger partial charge in [0.15, 0.2) is 0 Å². The number of carboxylic acids is 1. The van der Waals surface area contributed by atoms with Gasteiger partial charge in [-0.15, -0.1) is 0 Å². The van der Waals surface area contributed by atoms with Gasteiger partial charge in [-0.2, -0.15) is 8.42 Å². The van der Waals surface area contributed by atoms with Crippen LogP contribution in [0.5, 0.6) is 0 Å². The van der Waals surface area contributed by atoms with Crippen molar-refractivity contribution in [3.05, 3.63) is 0 Å². The summed E-state index contributed by atoms with van der Waals surface area (Å²) >= 11 is 0. The summed E-state index contributed by atoms with van der Waals surface area (Å²) in [6.07, 6.45) is 0. The second kappa shape index (κ2) is 3.57. The van der Waals surface area contributed by atoms with Crippen LogP contribution in [0.3, 0.4) is 0 Å². The first kappa shape index (κ1) is 13.5. The molecular formula is C3H7O9PS. The molecule has 1 atom stereocenters. The average molecular weight is 250 g/mol. The molecular weight excluding hydrogens is 243 g/mol. The summed E-state index contributed by atoms with van der Waals surface area (Å²) in [6, 6.07) is 0. The Bertz CT molecular complexity index is 377. The Morgan fingerprint density at radius 2 is 1.71 bits per heavy atom. The van der Waals surface area contributed by atoms with E-state index in [1.165, 1.54) is 0 Å². The molecule has 0 saturated carbocycles. The van der Waals surface area contributed by atoms with Gasteiger partial charge in [0.1, 0.15) is 5.75 Å². The third-order valence-electron chi connectivity index (χ3n) is 1.21. The van der Waals surface area contributed by atoms with Gasteiger partial charge < -0.3 is 20.0 Å². The van der Waals surface area contributed by atoms with Crippen LogP contribution < -0.4 is 0 Å². The molecule has 9 nitrogen and oxygen atoms in total. The molecule has 0 aliphatic carbocycles. The zero-order valence-corrected chi connectivity index (χ0v) is 8.14. The molecule has 11 heteroatoms. The number of hydrogen-bond donors (Lipinski definition) is 5. The smallest absolute Gasteiger partial charge is 0.369 e. The summed E-state index contributed by atoms with van der Waals surface area (Å²) in [5, 5.41) is 13.2. The number of carboxylic acid groups (broad SMARTS) is 1. The van der Waals surface area contributed by atoms with E-state index in [9.17, 15) is 17.8 Å². The van der Waals surface area contributed by atoms with Gasteiger partial charge >= 0.3 is 13.6 Å². The summed E-state index contributed by atoms with van der Waals surface area (Å²) in [7, 11) is -10.7. The van der Waals surface area contributed by atoms with Crippen LogP contribution in [0.4, 0.5) is 0 Å². The first-order chi connectivity index (χ1) is 5.90. The number of rotatable bonds is 4. The molecule has 84 valence electrons. The van der Waals surface area contributed by atoms with E-state index < -0.39 is 34.8 Å². The van der Waals surface area contributed by atoms with E-state index in [1.807, 2.05) is 0 Å². The minimum Gasteiger partial charge on any atom is -0.479 e. The predicted octanol–water partition coefficient (Wildman–Crippen LogP) is -2.17. The standard InChI is InChI=1S/C3H7O9PS/c4-2(5)3(6,13(7,8)9)1-14(10,11)12/h6H,1H2,(H,4,5)(H2,7,8,9)(H,10,11,12). The van der Waals surface area contributed by atoms with E-state index in [2.05, 4.69) is 0 Å². The number of aliphatic carboxylic acids is 1. The molecule has 0 saturated heterocycles. The first-order valence-corrected chi connectivity index (χ1v) is 6.09. The minimum absolute atomic E-state index is 1.99. The fourth-order valence-electron chi connectivity index (χ4n) is 0.525. The van der Waals surface area contributed by atoms with Crippen LogP contribution in [0.2, 0.25) is 0 Å². The van der Waals surface area contributed by atoms with E-state index in [-0.39, 0.29) is 0 Å². The molecule has 0 fully saturated rings. The van der Waals surface area contributed by atoms with Crippen LogP contribution >= 0.6 is 7.60 Å². The zero-order chi connectivity index (χ0) is 11.8. The molecule has 0 amide bonds. The second-order valence-electron chi connectivity index (χ2n) is 2.39. The highest BCUT2D eigenvalue weighted by atomic mass is 32.2. The fourth-order valence-corrected chi connectivity index (χ4v) is 2.57. The summed E-state index contributed by atoms with van der Waals surface area (Å²) in [4.78, 5) is 27.0. The van der Waals surface area contributed by atoms with E-state index in [0.717, 1.165) is 0 Å². The van der Waals surface area contributed by atoms with Crippen molar-refractivity contribution >= 4 is 23.7 Å². The van der Waals surface area contributed by atoms with Crippen molar-refractivity contribution in [2.75, 3.05) is 5.75 Å². The maximum absolute atomic E-state index is 10.5. The molecule has 0 aromatic rings. The van der Waals surface area contributed by atoms with E-state index in [0.29, 0.717) is 0 Å². The van der Waals surface area contributed by atoms with Gasteiger partial charge in [-0.05, 0) is 0 Å². The highest BCUT2D eigenvalue weighted by Crippen LogP contribution is 2.49. The summed E-state index contributed by atoms with van der Waals surface area (Å²) < 4.78 is 39.0. The lowest BCUT2D eigenvalue weighted by Crippen LogP contribution is -2.44. The lowest BCUT2D eigenvalue weighted by Gasteiger charge is -2.22. The van der Waals surface area contributed by atoms with Gasteiger partial charge in [0.05, 0.1) is 0 Å². The molecule has 0 heterocycles. The lowest BCUT2D eigenvalue weighted by molar-refractivity contribution is -0.149. The average Bonchev–Trinajstić information content (AvgIpc) is 1.79. The van der Waals surface area contributed by atoms with Crippen LogP contribution in [-0.4, -0.2) is 50.0 Å². The van der Waals surface area contributed by atoms with Crippen molar-refractivity contribution in [1.29, 1.82) is 0 Å². The quantitative estimate of drug-likeness (QED) is 0.275. The molecule has 0 radical (unpaired) electrons. The fraction of sp³-hybridized carbons (Fsp3) is 0.667. The molecule has 0 aliphatic heterocycles. The maximum Gasteiger partial charge on any atom is 0.369 e. The number of carbonyl (C=O) groups is 1. The summed E-state index contributed by atoms with van der Waals surface area (Å²) in [5.74, 6) is -4.43. The van der Waals surface area contributed by atoms with Crippen LogP contribution in [0.1, 0.15) is 0 Å². The van der Waals surface area contributed by atoms with Gasteiger partial charge in [-0.1, -0.05) is 0 Å². The molecule has 0 aromatic heterocycles. The largest absolute Gasteiger partial charge is 0.479 e. The summed E-state index contributed by atoms with van der Waals surface area (Å²) in [6.45, 7) is 0. The number of hydrogen-bond acceptors (Lipinski definition) is 5. The SMILES string of the molecule is O=C(O)C(O)(CS(=O)(=O)O)P(=O)(O)O. The summed E-state index contributed by atoms with van der Waals surface area (Å²) in [5.41, 5.74) is 0.